The Kier molecular flexibility index (Phi) is 5.26. The van der Waals surface area contributed by atoms with Gasteiger partial charge in [-0.25, -0.2) is 8.42 Å². The number of benzene rings is 1. The Bertz CT molecular complexity index is 679. The Hall–Kier alpha value is -1.67. The van der Waals surface area contributed by atoms with Crippen molar-refractivity contribution < 1.29 is 18.4 Å². The Morgan fingerprint density at radius 3 is 2.39 bits per heavy atom. The van der Waals surface area contributed by atoms with Gasteiger partial charge in [-0.2, -0.15) is 0 Å². The van der Waals surface area contributed by atoms with E-state index in [2.05, 4.69) is 5.32 Å². The average Bonchev–Trinajstić information content (AvgIpc) is 2.69. The third-order valence-electron chi connectivity index (χ3n) is 4.22. The summed E-state index contributed by atoms with van der Waals surface area (Å²) in [6.07, 6.45) is 6.41. The molecule has 128 valence electrons. The Labute approximate surface area is 135 Å². The van der Waals surface area contributed by atoms with Crippen molar-refractivity contribution >= 4 is 21.2 Å². The highest BCUT2D eigenvalue weighted by Crippen LogP contribution is 2.30. The minimum atomic E-state index is -3.62. The first-order valence-electron chi connectivity index (χ1n) is 7.66. The number of nitrogens with zero attached hydrogens (tertiary/aromatic N) is 1. The maximum atomic E-state index is 11.9. The van der Waals surface area contributed by atoms with E-state index in [1.54, 1.807) is 0 Å². The van der Waals surface area contributed by atoms with Gasteiger partial charge in [-0.15, -0.1) is 0 Å². The fourth-order valence-electron chi connectivity index (χ4n) is 2.90. The molecule has 0 aliphatic heterocycles. The molecule has 0 unspecified atom stereocenters. The molecule has 2 rings (SSSR count). The zero-order chi connectivity index (χ0) is 17.1. The molecule has 0 amide bonds. The van der Waals surface area contributed by atoms with Crippen molar-refractivity contribution in [3.8, 4) is 0 Å². The molecule has 1 aliphatic rings. The monoisotopic (exact) mass is 342 g/mol. The van der Waals surface area contributed by atoms with Crippen LogP contribution >= 0.6 is 0 Å². The summed E-state index contributed by atoms with van der Waals surface area (Å²) in [5.41, 5.74) is -0.854. The van der Waals surface area contributed by atoms with Crippen LogP contribution in [0.1, 0.15) is 38.5 Å². The zero-order valence-corrected chi connectivity index (χ0v) is 13.9. The first-order chi connectivity index (χ1) is 10.7. The van der Waals surface area contributed by atoms with Crippen LogP contribution in [0.25, 0.3) is 0 Å². The summed E-state index contributed by atoms with van der Waals surface area (Å²) in [6, 6.07) is 3.69. The fraction of sp³-hybridized carbons (Fsp3) is 0.600. The van der Waals surface area contributed by atoms with E-state index in [0.717, 1.165) is 38.0 Å². The summed E-state index contributed by atoms with van der Waals surface area (Å²) in [7, 11) is -3.62. The number of hydrogen-bond donors (Lipinski definition) is 2. The molecule has 1 saturated carbocycles. The molecule has 0 radical (unpaired) electrons. The summed E-state index contributed by atoms with van der Waals surface area (Å²) in [5.74, 6) is 0. The lowest BCUT2D eigenvalue weighted by Gasteiger charge is -2.27. The summed E-state index contributed by atoms with van der Waals surface area (Å²) in [4.78, 5) is 10.1. The van der Waals surface area contributed by atoms with Gasteiger partial charge in [0.15, 0.2) is 9.84 Å². The number of aliphatic hydroxyl groups is 1. The van der Waals surface area contributed by atoms with Gasteiger partial charge in [-0.1, -0.05) is 25.7 Å². The highest BCUT2D eigenvalue weighted by Gasteiger charge is 2.28. The predicted molar refractivity (Wildman–Crippen MR) is 87.3 cm³/mol. The van der Waals surface area contributed by atoms with Crippen LogP contribution < -0.4 is 5.32 Å². The Balaban J connectivity index is 2.23. The van der Waals surface area contributed by atoms with Gasteiger partial charge in [0.1, 0.15) is 0 Å². The summed E-state index contributed by atoms with van der Waals surface area (Å²) < 4.78 is 23.8. The van der Waals surface area contributed by atoms with Gasteiger partial charge < -0.3 is 10.4 Å². The van der Waals surface area contributed by atoms with Crippen LogP contribution in [0.4, 0.5) is 11.4 Å². The van der Waals surface area contributed by atoms with E-state index >= 15 is 0 Å². The summed E-state index contributed by atoms with van der Waals surface area (Å²) >= 11 is 0. The van der Waals surface area contributed by atoms with E-state index in [1.165, 1.54) is 12.1 Å². The second-order valence-corrected chi connectivity index (χ2v) is 8.19. The van der Waals surface area contributed by atoms with Gasteiger partial charge in [0.25, 0.3) is 5.69 Å². The third kappa shape index (κ3) is 4.65. The van der Waals surface area contributed by atoms with Crippen LogP contribution in [-0.2, 0) is 9.84 Å². The lowest BCUT2D eigenvalue weighted by molar-refractivity contribution is -0.385. The molecule has 0 saturated heterocycles. The molecule has 1 fully saturated rings. The van der Waals surface area contributed by atoms with Gasteiger partial charge in [0, 0.05) is 24.9 Å². The van der Waals surface area contributed by atoms with Crippen molar-refractivity contribution in [2.45, 2.75) is 49.0 Å². The minimum absolute atomic E-state index is 0.121. The smallest absolute Gasteiger partial charge is 0.270 e. The molecule has 1 aliphatic carbocycles. The number of rotatable bonds is 5. The summed E-state index contributed by atoms with van der Waals surface area (Å²) in [6.45, 7) is 0.229. The molecular formula is C15H22N2O5S. The van der Waals surface area contributed by atoms with Crippen molar-refractivity contribution in [3.63, 3.8) is 0 Å². The maximum Gasteiger partial charge on any atom is 0.270 e. The zero-order valence-electron chi connectivity index (χ0n) is 13.1. The van der Waals surface area contributed by atoms with Crippen molar-refractivity contribution in [2.24, 2.45) is 0 Å². The standard InChI is InChI=1S/C15H22N2O5S/c1-23(21,22)14-10-12(17(19)20)6-7-13(14)16-11-15(18)8-4-2-3-5-9-15/h6-7,10,16,18H,2-5,8-9,11H2,1H3. The van der Waals surface area contributed by atoms with E-state index in [1.807, 2.05) is 0 Å². The van der Waals surface area contributed by atoms with E-state index in [9.17, 15) is 23.6 Å². The molecule has 0 bridgehead atoms. The second-order valence-electron chi connectivity index (χ2n) is 6.20. The van der Waals surface area contributed by atoms with Gasteiger partial charge in [0.05, 0.1) is 21.1 Å². The number of hydrogen-bond acceptors (Lipinski definition) is 6. The van der Waals surface area contributed by atoms with E-state index < -0.39 is 20.4 Å². The summed E-state index contributed by atoms with van der Waals surface area (Å²) in [5, 5.41) is 24.4. The van der Waals surface area contributed by atoms with Gasteiger partial charge in [-0.05, 0) is 18.9 Å². The Morgan fingerprint density at radius 1 is 1.26 bits per heavy atom. The molecule has 0 atom stereocenters. The fourth-order valence-corrected chi connectivity index (χ4v) is 3.78. The molecule has 8 heteroatoms. The topological polar surface area (TPSA) is 110 Å². The molecule has 1 aromatic carbocycles. The van der Waals surface area contributed by atoms with Crippen molar-refractivity contribution in [1.29, 1.82) is 0 Å². The predicted octanol–water partition coefficient (Wildman–Crippen LogP) is 2.50. The van der Waals surface area contributed by atoms with Crippen molar-refractivity contribution in [1.82, 2.24) is 0 Å². The first kappa shape index (κ1) is 17.7. The van der Waals surface area contributed by atoms with Gasteiger partial charge in [-0.3, -0.25) is 10.1 Å². The van der Waals surface area contributed by atoms with E-state index in [4.69, 9.17) is 0 Å². The molecule has 7 nitrogen and oxygen atoms in total. The highest BCUT2D eigenvalue weighted by molar-refractivity contribution is 7.90. The van der Waals surface area contributed by atoms with Crippen molar-refractivity contribution in [3.05, 3.63) is 28.3 Å². The minimum Gasteiger partial charge on any atom is -0.388 e. The molecule has 0 spiro atoms. The normalized spacial score (nSPS) is 18.2. The molecule has 1 aromatic rings. The Morgan fingerprint density at radius 2 is 1.87 bits per heavy atom. The molecule has 0 heterocycles. The van der Waals surface area contributed by atoms with Crippen LogP contribution in [-0.4, -0.2) is 36.8 Å². The molecule has 0 aromatic heterocycles. The third-order valence-corrected chi connectivity index (χ3v) is 5.35. The van der Waals surface area contributed by atoms with E-state index in [0.29, 0.717) is 12.8 Å². The average molecular weight is 342 g/mol. The van der Waals surface area contributed by atoms with Crippen LogP contribution in [0.15, 0.2) is 23.1 Å². The maximum absolute atomic E-state index is 11.9. The second kappa shape index (κ2) is 6.84. The molecular weight excluding hydrogens is 320 g/mol. The number of sulfone groups is 1. The largest absolute Gasteiger partial charge is 0.388 e. The van der Waals surface area contributed by atoms with Gasteiger partial charge >= 0.3 is 0 Å². The lowest BCUT2D eigenvalue weighted by atomic mass is 9.94. The van der Waals surface area contributed by atoms with Crippen LogP contribution in [0.3, 0.4) is 0 Å². The highest BCUT2D eigenvalue weighted by atomic mass is 32.2. The van der Waals surface area contributed by atoms with Crippen LogP contribution in [0.2, 0.25) is 0 Å². The number of nitrogens with one attached hydrogen (secondary N) is 1. The van der Waals surface area contributed by atoms with E-state index in [-0.39, 0.29) is 22.8 Å². The quantitative estimate of drug-likeness (QED) is 0.483. The first-order valence-corrected chi connectivity index (χ1v) is 9.55. The molecule has 2 N–H and O–H groups in total. The van der Waals surface area contributed by atoms with Crippen LogP contribution in [0, 0.1) is 10.1 Å². The number of anilines is 1. The number of nitro groups is 1. The van der Waals surface area contributed by atoms with Crippen molar-refractivity contribution in [2.75, 3.05) is 18.1 Å². The van der Waals surface area contributed by atoms with Gasteiger partial charge in [0.2, 0.25) is 0 Å². The SMILES string of the molecule is CS(=O)(=O)c1cc([N+](=O)[O-])ccc1NCC1(O)CCCCCC1. The number of nitro benzene ring substituents is 1. The van der Waals surface area contributed by atoms with Crippen LogP contribution in [0.5, 0.6) is 0 Å². The lowest BCUT2D eigenvalue weighted by Crippen LogP contribution is -2.36. The number of non-ortho nitro benzene ring substituents is 1. The molecule has 23 heavy (non-hydrogen) atoms.